The molecule has 1 saturated heterocycles. The third-order valence-electron chi connectivity index (χ3n) is 3.48. The second-order valence-electron chi connectivity index (χ2n) is 5.04. The van der Waals surface area contributed by atoms with E-state index in [9.17, 15) is 14.9 Å². The predicted octanol–water partition coefficient (Wildman–Crippen LogP) is 1.87. The molecule has 0 spiro atoms. The van der Waals surface area contributed by atoms with E-state index in [1.807, 2.05) is 0 Å². The highest BCUT2D eigenvalue weighted by Crippen LogP contribution is 2.18. The first-order chi connectivity index (χ1) is 10.2. The van der Waals surface area contributed by atoms with Crippen LogP contribution in [-0.2, 0) is 4.79 Å². The lowest BCUT2D eigenvalue weighted by Crippen LogP contribution is -2.43. The van der Waals surface area contributed by atoms with E-state index in [4.69, 9.17) is 0 Å². The van der Waals surface area contributed by atoms with Gasteiger partial charge in [-0.25, -0.2) is 0 Å². The highest BCUT2D eigenvalue weighted by Gasteiger charge is 2.13. The molecular formula is C15H19N3O3. The van der Waals surface area contributed by atoms with Gasteiger partial charge in [0.25, 0.3) is 5.69 Å². The number of nitro groups is 1. The summed E-state index contributed by atoms with van der Waals surface area (Å²) in [6.07, 6.45) is 6.24. The maximum absolute atomic E-state index is 11.7. The Hall–Kier alpha value is -2.21. The van der Waals surface area contributed by atoms with Gasteiger partial charge >= 0.3 is 0 Å². The summed E-state index contributed by atoms with van der Waals surface area (Å²) in [6.45, 7) is 1.58. The van der Waals surface area contributed by atoms with Gasteiger partial charge in [-0.3, -0.25) is 14.9 Å². The molecule has 6 heteroatoms. The van der Waals surface area contributed by atoms with Crippen LogP contribution in [0.4, 0.5) is 5.69 Å². The maximum Gasteiger partial charge on any atom is 0.276 e. The summed E-state index contributed by atoms with van der Waals surface area (Å²) in [4.78, 5) is 22.2. The van der Waals surface area contributed by atoms with Gasteiger partial charge in [0.05, 0.1) is 10.5 Å². The minimum absolute atomic E-state index is 0.00417. The van der Waals surface area contributed by atoms with Gasteiger partial charge in [-0.1, -0.05) is 18.6 Å². The van der Waals surface area contributed by atoms with Crippen LogP contribution < -0.4 is 10.6 Å². The molecule has 1 heterocycles. The van der Waals surface area contributed by atoms with Crippen molar-refractivity contribution in [1.82, 2.24) is 10.6 Å². The minimum Gasteiger partial charge on any atom is -0.351 e. The molecule has 2 rings (SSSR count). The quantitative estimate of drug-likeness (QED) is 0.492. The van der Waals surface area contributed by atoms with E-state index in [0.29, 0.717) is 18.2 Å². The van der Waals surface area contributed by atoms with E-state index in [0.717, 1.165) is 13.0 Å². The fourth-order valence-corrected chi connectivity index (χ4v) is 2.34. The molecule has 0 bridgehead atoms. The number of nitrogens with one attached hydrogen (secondary N) is 2. The Bertz CT molecular complexity index is 537. The Morgan fingerprint density at radius 3 is 2.95 bits per heavy atom. The number of benzene rings is 1. The van der Waals surface area contributed by atoms with E-state index in [-0.39, 0.29) is 11.6 Å². The van der Waals surface area contributed by atoms with Gasteiger partial charge in [0.2, 0.25) is 5.91 Å². The van der Waals surface area contributed by atoms with Crippen LogP contribution in [0, 0.1) is 10.1 Å². The Morgan fingerprint density at radius 2 is 2.24 bits per heavy atom. The molecule has 0 aliphatic carbocycles. The molecule has 1 aliphatic heterocycles. The van der Waals surface area contributed by atoms with Crippen LogP contribution in [0.2, 0.25) is 0 Å². The Balaban J connectivity index is 1.88. The van der Waals surface area contributed by atoms with E-state index < -0.39 is 4.92 Å². The van der Waals surface area contributed by atoms with Crippen LogP contribution in [0.15, 0.2) is 30.3 Å². The van der Waals surface area contributed by atoms with Gasteiger partial charge in [0.15, 0.2) is 0 Å². The number of rotatable bonds is 5. The third kappa shape index (κ3) is 4.68. The van der Waals surface area contributed by atoms with Gasteiger partial charge in [-0.15, -0.1) is 0 Å². The van der Waals surface area contributed by atoms with E-state index in [1.165, 1.54) is 31.1 Å². The van der Waals surface area contributed by atoms with Crippen molar-refractivity contribution >= 4 is 17.7 Å². The van der Waals surface area contributed by atoms with Crippen molar-refractivity contribution in [3.8, 4) is 0 Å². The number of amides is 1. The molecule has 1 aliphatic rings. The number of nitro benzene ring substituents is 1. The fourth-order valence-electron chi connectivity index (χ4n) is 2.34. The average molecular weight is 289 g/mol. The lowest BCUT2D eigenvalue weighted by Gasteiger charge is -2.23. The summed E-state index contributed by atoms with van der Waals surface area (Å²) in [5.74, 6) is -0.236. The normalized spacial score (nSPS) is 18.6. The van der Waals surface area contributed by atoms with Crippen LogP contribution in [0.1, 0.15) is 24.8 Å². The largest absolute Gasteiger partial charge is 0.351 e. The molecule has 6 nitrogen and oxygen atoms in total. The molecule has 112 valence electrons. The zero-order valence-corrected chi connectivity index (χ0v) is 11.7. The molecule has 1 atom stereocenters. The average Bonchev–Trinajstić information content (AvgIpc) is 2.52. The third-order valence-corrected chi connectivity index (χ3v) is 3.48. The van der Waals surface area contributed by atoms with E-state index in [1.54, 1.807) is 18.2 Å². The summed E-state index contributed by atoms with van der Waals surface area (Å²) in [5.41, 5.74) is 0.420. The number of nitrogens with zero attached hydrogens (tertiary/aromatic N) is 1. The summed E-state index contributed by atoms with van der Waals surface area (Å²) >= 11 is 0. The zero-order chi connectivity index (χ0) is 15.1. The number of para-hydroxylation sites is 1. The monoisotopic (exact) mass is 289 g/mol. The summed E-state index contributed by atoms with van der Waals surface area (Å²) in [6, 6.07) is 6.66. The number of carbonyl (C=O) groups excluding carboxylic acids is 1. The van der Waals surface area contributed by atoms with Crippen molar-refractivity contribution in [1.29, 1.82) is 0 Å². The Kier molecular flexibility index (Phi) is 5.45. The van der Waals surface area contributed by atoms with Crippen LogP contribution in [0.5, 0.6) is 0 Å². The first-order valence-corrected chi connectivity index (χ1v) is 7.09. The second kappa shape index (κ2) is 7.54. The molecule has 1 unspecified atom stereocenters. The van der Waals surface area contributed by atoms with Crippen LogP contribution in [0.3, 0.4) is 0 Å². The van der Waals surface area contributed by atoms with Crippen molar-refractivity contribution in [2.75, 3.05) is 13.1 Å². The molecule has 0 aromatic heterocycles. The summed E-state index contributed by atoms with van der Waals surface area (Å²) in [5, 5.41) is 17.0. The molecular weight excluding hydrogens is 270 g/mol. The lowest BCUT2D eigenvalue weighted by atomic mass is 10.1. The molecule has 2 N–H and O–H groups in total. The highest BCUT2D eigenvalue weighted by molar-refractivity contribution is 5.92. The number of carbonyl (C=O) groups is 1. The number of piperidine rings is 1. The molecule has 1 fully saturated rings. The van der Waals surface area contributed by atoms with Gasteiger partial charge in [-0.05, 0) is 31.5 Å². The first kappa shape index (κ1) is 15.2. The lowest BCUT2D eigenvalue weighted by molar-refractivity contribution is -0.385. The van der Waals surface area contributed by atoms with Gasteiger partial charge in [0.1, 0.15) is 0 Å². The van der Waals surface area contributed by atoms with Crippen molar-refractivity contribution in [2.24, 2.45) is 0 Å². The standard InChI is InChI=1S/C15H19N3O3/c19-15(17-11-13-6-3-4-10-16-13)9-8-12-5-1-2-7-14(12)18(20)21/h1-2,5,7-9,13,16H,3-4,6,10-11H2,(H,17,19). The van der Waals surface area contributed by atoms with Crippen molar-refractivity contribution in [3.05, 3.63) is 46.0 Å². The van der Waals surface area contributed by atoms with Crippen LogP contribution >= 0.6 is 0 Å². The SMILES string of the molecule is O=C(C=Cc1ccccc1[N+](=O)[O-])NCC1CCCCN1. The summed E-state index contributed by atoms with van der Waals surface area (Å²) < 4.78 is 0. The Labute approximate surface area is 123 Å². The highest BCUT2D eigenvalue weighted by atomic mass is 16.6. The zero-order valence-electron chi connectivity index (χ0n) is 11.7. The minimum atomic E-state index is -0.455. The molecule has 21 heavy (non-hydrogen) atoms. The van der Waals surface area contributed by atoms with E-state index in [2.05, 4.69) is 10.6 Å². The van der Waals surface area contributed by atoms with E-state index >= 15 is 0 Å². The fraction of sp³-hybridized carbons (Fsp3) is 0.400. The van der Waals surface area contributed by atoms with Crippen molar-refractivity contribution in [3.63, 3.8) is 0 Å². The molecule has 1 amide bonds. The number of hydrogen-bond donors (Lipinski definition) is 2. The van der Waals surface area contributed by atoms with Crippen molar-refractivity contribution < 1.29 is 9.72 Å². The molecule has 1 aromatic rings. The predicted molar refractivity (Wildman–Crippen MR) is 80.8 cm³/mol. The van der Waals surface area contributed by atoms with Gasteiger partial charge in [-0.2, -0.15) is 0 Å². The molecule has 1 aromatic carbocycles. The van der Waals surface area contributed by atoms with Crippen LogP contribution in [0.25, 0.3) is 6.08 Å². The number of hydrogen-bond acceptors (Lipinski definition) is 4. The smallest absolute Gasteiger partial charge is 0.276 e. The van der Waals surface area contributed by atoms with Gasteiger partial charge in [0, 0.05) is 24.7 Å². The maximum atomic E-state index is 11.7. The molecule has 0 saturated carbocycles. The van der Waals surface area contributed by atoms with Crippen molar-refractivity contribution in [2.45, 2.75) is 25.3 Å². The summed E-state index contributed by atoms with van der Waals surface area (Å²) in [7, 11) is 0. The Morgan fingerprint density at radius 1 is 1.43 bits per heavy atom. The van der Waals surface area contributed by atoms with Crippen LogP contribution in [-0.4, -0.2) is 30.0 Å². The topological polar surface area (TPSA) is 84.3 Å². The first-order valence-electron chi connectivity index (χ1n) is 7.09. The van der Waals surface area contributed by atoms with Gasteiger partial charge < -0.3 is 10.6 Å². The molecule has 0 radical (unpaired) electrons. The second-order valence-corrected chi connectivity index (χ2v) is 5.04.